The van der Waals surface area contributed by atoms with Gasteiger partial charge in [0.1, 0.15) is 6.07 Å². The van der Waals surface area contributed by atoms with Crippen molar-refractivity contribution in [2.24, 2.45) is 0 Å². The van der Waals surface area contributed by atoms with Crippen molar-refractivity contribution in [2.45, 2.75) is 37.9 Å². The van der Waals surface area contributed by atoms with Crippen LogP contribution in [0.25, 0.3) is 5.69 Å². The van der Waals surface area contributed by atoms with Crippen LogP contribution in [0, 0.1) is 11.3 Å². The van der Waals surface area contributed by atoms with Crippen molar-refractivity contribution in [1.82, 2.24) is 15.0 Å². The molecule has 0 saturated carbocycles. The Morgan fingerprint density at radius 2 is 2.00 bits per heavy atom. The first-order valence-corrected chi connectivity index (χ1v) is 8.37. The second kappa shape index (κ2) is 7.33. The van der Waals surface area contributed by atoms with Crippen LogP contribution in [-0.2, 0) is 6.18 Å². The van der Waals surface area contributed by atoms with E-state index >= 15 is 0 Å². The summed E-state index contributed by atoms with van der Waals surface area (Å²) in [5.74, 6) is 0.266. The van der Waals surface area contributed by atoms with Gasteiger partial charge >= 0.3 is 6.18 Å². The highest BCUT2D eigenvalue weighted by molar-refractivity contribution is 5.52. The van der Waals surface area contributed by atoms with Crippen molar-refractivity contribution >= 4 is 5.82 Å². The van der Waals surface area contributed by atoms with E-state index in [2.05, 4.69) is 10.2 Å². The fraction of sp³-hybridized carbons (Fsp3) is 0.471. The molecule has 0 bridgehead atoms. The van der Waals surface area contributed by atoms with Gasteiger partial charge < -0.3 is 10.0 Å². The summed E-state index contributed by atoms with van der Waals surface area (Å²) in [7, 11) is 0. The number of alkyl halides is 3. The molecule has 3 rings (SSSR count). The van der Waals surface area contributed by atoms with Gasteiger partial charge in [-0.2, -0.15) is 18.4 Å². The predicted octanol–water partition coefficient (Wildman–Crippen LogP) is 2.90. The number of anilines is 1. The van der Waals surface area contributed by atoms with E-state index in [1.165, 1.54) is 18.2 Å². The summed E-state index contributed by atoms with van der Waals surface area (Å²) in [6, 6.07) is 6.91. The molecule has 26 heavy (non-hydrogen) atoms. The summed E-state index contributed by atoms with van der Waals surface area (Å²) in [5, 5.41) is 26.8. The monoisotopic (exact) mass is 365 g/mol. The number of halogens is 3. The van der Waals surface area contributed by atoms with Crippen LogP contribution in [0.1, 0.15) is 36.9 Å². The van der Waals surface area contributed by atoms with Gasteiger partial charge in [-0.25, -0.2) is 0 Å². The van der Waals surface area contributed by atoms with Crippen molar-refractivity contribution in [3.05, 3.63) is 35.5 Å². The second-order valence-electron chi connectivity index (χ2n) is 6.14. The van der Waals surface area contributed by atoms with Crippen LogP contribution in [0.15, 0.2) is 24.3 Å². The highest BCUT2D eigenvalue weighted by Crippen LogP contribution is 2.34. The van der Waals surface area contributed by atoms with Gasteiger partial charge in [0.05, 0.1) is 11.3 Å². The van der Waals surface area contributed by atoms with Gasteiger partial charge in [0.15, 0.2) is 5.82 Å². The van der Waals surface area contributed by atoms with Crippen LogP contribution in [0.4, 0.5) is 19.0 Å². The molecule has 9 heteroatoms. The Hall–Kier alpha value is -2.60. The smallest absolute Gasteiger partial charge is 0.396 e. The zero-order valence-electron chi connectivity index (χ0n) is 13.9. The van der Waals surface area contributed by atoms with E-state index in [0.717, 1.165) is 30.1 Å². The van der Waals surface area contributed by atoms with E-state index in [9.17, 15) is 23.5 Å². The summed E-state index contributed by atoms with van der Waals surface area (Å²) in [5.41, 5.74) is -1.11. The average Bonchev–Trinajstić information content (AvgIpc) is 3.06. The quantitative estimate of drug-likeness (QED) is 0.901. The first-order chi connectivity index (χ1) is 12.5. The number of aromatic nitrogens is 3. The number of para-hydroxylation sites is 1. The third kappa shape index (κ3) is 3.51. The lowest BCUT2D eigenvalue weighted by Gasteiger charge is -2.35. The lowest BCUT2D eigenvalue weighted by molar-refractivity contribution is -0.137. The van der Waals surface area contributed by atoms with Crippen LogP contribution >= 0.6 is 0 Å². The van der Waals surface area contributed by atoms with Gasteiger partial charge in [-0.3, -0.25) is 0 Å². The van der Waals surface area contributed by atoms with Gasteiger partial charge in [-0.05, 0) is 37.8 Å². The lowest BCUT2D eigenvalue weighted by atomic mass is 9.99. The first kappa shape index (κ1) is 18.2. The summed E-state index contributed by atoms with van der Waals surface area (Å²) in [6.07, 6.45) is -1.33. The number of nitriles is 1. The van der Waals surface area contributed by atoms with Gasteiger partial charge in [0, 0.05) is 19.2 Å². The lowest BCUT2D eigenvalue weighted by Crippen LogP contribution is -2.40. The third-order valence-electron chi connectivity index (χ3n) is 4.49. The van der Waals surface area contributed by atoms with Crippen molar-refractivity contribution in [3.63, 3.8) is 0 Å². The number of piperidine rings is 1. The molecule has 138 valence electrons. The van der Waals surface area contributed by atoms with Crippen molar-refractivity contribution in [3.8, 4) is 11.8 Å². The zero-order valence-corrected chi connectivity index (χ0v) is 13.9. The van der Waals surface area contributed by atoms with E-state index in [4.69, 9.17) is 0 Å². The molecular weight excluding hydrogens is 347 g/mol. The molecule has 0 radical (unpaired) electrons. The maximum absolute atomic E-state index is 13.3. The van der Waals surface area contributed by atoms with E-state index in [1.807, 2.05) is 11.0 Å². The molecule has 0 amide bonds. The van der Waals surface area contributed by atoms with Crippen molar-refractivity contribution in [1.29, 1.82) is 5.26 Å². The van der Waals surface area contributed by atoms with Crippen LogP contribution < -0.4 is 4.90 Å². The molecule has 1 N–H and O–H groups in total. The Balaban J connectivity index is 2.05. The SMILES string of the molecule is N#Cc1nn(-c2ccccc2C(F)(F)F)nc1N1CCCCC1CCO. The summed E-state index contributed by atoms with van der Waals surface area (Å²) < 4.78 is 39.8. The molecule has 1 saturated heterocycles. The summed E-state index contributed by atoms with van der Waals surface area (Å²) in [4.78, 5) is 2.75. The summed E-state index contributed by atoms with van der Waals surface area (Å²) >= 11 is 0. The number of nitrogens with zero attached hydrogens (tertiary/aromatic N) is 5. The molecule has 1 aliphatic heterocycles. The number of benzene rings is 1. The highest BCUT2D eigenvalue weighted by atomic mass is 19.4. The minimum Gasteiger partial charge on any atom is -0.396 e. The minimum absolute atomic E-state index is 0.00586. The molecule has 1 fully saturated rings. The fourth-order valence-corrected chi connectivity index (χ4v) is 3.29. The topological polar surface area (TPSA) is 78.0 Å². The first-order valence-electron chi connectivity index (χ1n) is 8.37. The second-order valence-corrected chi connectivity index (χ2v) is 6.14. The van der Waals surface area contributed by atoms with E-state index in [-0.39, 0.29) is 29.8 Å². The van der Waals surface area contributed by atoms with Crippen LogP contribution in [0.2, 0.25) is 0 Å². The fourth-order valence-electron chi connectivity index (χ4n) is 3.29. The Labute approximate surface area is 148 Å². The zero-order chi connectivity index (χ0) is 18.7. The number of rotatable bonds is 4. The van der Waals surface area contributed by atoms with E-state index in [1.54, 1.807) is 0 Å². The number of aliphatic hydroxyl groups is 1. The van der Waals surface area contributed by atoms with E-state index < -0.39 is 11.7 Å². The number of hydrogen-bond acceptors (Lipinski definition) is 5. The molecule has 1 aromatic carbocycles. The molecule has 1 atom stereocenters. The maximum Gasteiger partial charge on any atom is 0.418 e. The highest BCUT2D eigenvalue weighted by Gasteiger charge is 2.35. The molecule has 6 nitrogen and oxygen atoms in total. The van der Waals surface area contributed by atoms with Gasteiger partial charge in [-0.15, -0.1) is 15.0 Å². The normalized spacial score (nSPS) is 18.0. The Morgan fingerprint density at radius 3 is 2.69 bits per heavy atom. The number of hydrogen-bond donors (Lipinski definition) is 1. The Bertz CT molecular complexity index is 809. The maximum atomic E-state index is 13.3. The minimum atomic E-state index is -4.55. The molecule has 0 spiro atoms. The predicted molar refractivity (Wildman–Crippen MR) is 87.8 cm³/mol. The van der Waals surface area contributed by atoms with Gasteiger partial charge in [-0.1, -0.05) is 12.1 Å². The molecule has 0 aliphatic carbocycles. The molecule has 2 aromatic rings. The molecule has 1 unspecified atom stereocenters. The molecule has 2 heterocycles. The standard InChI is InChI=1S/C17H18F3N5O/c18-17(19,20)13-6-1-2-7-15(13)25-22-14(11-21)16(23-25)24-9-4-3-5-12(24)8-10-26/h1-2,6-7,12,26H,3-5,8-10H2. The van der Waals surface area contributed by atoms with Crippen LogP contribution in [0.5, 0.6) is 0 Å². The third-order valence-corrected chi connectivity index (χ3v) is 4.49. The molecular formula is C17H18F3N5O. The Morgan fingerprint density at radius 1 is 1.23 bits per heavy atom. The number of aliphatic hydroxyl groups excluding tert-OH is 1. The molecule has 1 aliphatic rings. The largest absolute Gasteiger partial charge is 0.418 e. The van der Waals surface area contributed by atoms with Gasteiger partial charge in [0.25, 0.3) is 0 Å². The molecule has 1 aromatic heterocycles. The van der Waals surface area contributed by atoms with Crippen LogP contribution in [-0.4, -0.2) is 39.3 Å². The van der Waals surface area contributed by atoms with Crippen LogP contribution in [0.3, 0.4) is 0 Å². The summed E-state index contributed by atoms with van der Waals surface area (Å²) in [6.45, 7) is 0.618. The van der Waals surface area contributed by atoms with E-state index in [0.29, 0.717) is 13.0 Å². The van der Waals surface area contributed by atoms with Crippen molar-refractivity contribution in [2.75, 3.05) is 18.1 Å². The average molecular weight is 365 g/mol. The van der Waals surface area contributed by atoms with Gasteiger partial charge in [0.2, 0.25) is 5.69 Å². The van der Waals surface area contributed by atoms with Crippen molar-refractivity contribution < 1.29 is 18.3 Å². The Kier molecular flexibility index (Phi) is 5.13.